The van der Waals surface area contributed by atoms with Gasteiger partial charge in [-0.2, -0.15) is 0 Å². The highest BCUT2D eigenvalue weighted by Gasteiger charge is 2.35. The molecule has 2 rings (SSSR count). The number of hydrogen-bond acceptors (Lipinski definition) is 4. The lowest BCUT2D eigenvalue weighted by atomic mass is 9.91. The lowest BCUT2D eigenvalue weighted by molar-refractivity contribution is -0.0623. The van der Waals surface area contributed by atoms with Crippen LogP contribution in [0.2, 0.25) is 0 Å². The van der Waals surface area contributed by atoms with E-state index in [1.807, 2.05) is 12.1 Å². The fraction of sp³-hybridized carbons (Fsp3) is 0.692. The molecule has 0 saturated carbocycles. The molecule has 1 fully saturated rings. The van der Waals surface area contributed by atoms with Crippen molar-refractivity contribution in [3.63, 3.8) is 0 Å². The number of aliphatic hydroxyl groups excluding tert-OH is 1. The van der Waals surface area contributed by atoms with Crippen LogP contribution >= 0.6 is 0 Å². The summed E-state index contributed by atoms with van der Waals surface area (Å²) in [6, 6.07) is 3.75. The summed E-state index contributed by atoms with van der Waals surface area (Å²) in [7, 11) is 0. The zero-order valence-electron chi connectivity index (χ0n) is 10.6. The van der Waals surface area contributed by atoms with Crippen molar-refractivity contribution in [2.24, 2.45) is 0 Å². The third-order valence-corrected chi connectivity index (χ3v) is 3.62. The Hall–Kier alpha value is -0.840. The highest BCUT2D eigenvalue weighted by atomic mass is 16.5. The normalized spacial score (nSPS) is 20.4. The SMILES string of the molecule is CC(C)(C(O)Cc1ccco1)N1CCOCC1. The number of nitrogens with zero attached hydrogens (tertiary/aromatic N) is 1. The standard InChI is InChI=1S/C13H21NO3/c1-13(2,14-5-8-16-9-6-14)12(15)10-11-4-3-7-17-11/h3-4,7,12,15H,5-6,8-10H2,1-2H3. The van der Waals surface area contributed by atoms with E-state index in [1.165, 1.54) is 0 Å². The van der Waals surface area contributed by atoms with E-state index in [-0.39, 0.29) is 5.54 Å². The van der Waals surface area contributed by atoms with E-state index in [1.54, 1.807) is 6.26 Å². The Kier molecular flexibility index (Phi) is 3.86. The third kappa shape index (κ3) is 2.89. The number of hydrogen-bond donors (Lipinski definition) is 1. The molecular formula is C13H21NO3. The Bertz CT molecular complexity index is 328. The summed E-state index contributed by atoms with van der Waals surface area (Å²) >= 11 is 0. The lowest BCUT2D eigenvalue weighted by Gasteiger charge is -2.43. The van der Waals surface area contributed by atoms with Crippen LogP contribution in [0, 0.1) is 0 Å². The molecule has 2 heterocycles. The molecular weight excluding hydrogens is 218 g/mol. The van der Waals surface area contributed by atoms with Crippen LogP contribution < -0.4 is 0 Å². The molecule has 0 aromatic carbocycles. The molecule has 1 unspecified atom stereocenters. The largest absolute Gasteiger partial charge is 0.469 e. The molecule has 0 bridgehead atoms. The van der Waals surface area contributed by atoms with Gasteiger partial charge in [-0.05, 0) is 26.0 Å². The maximum Gasteiger partial charge on any atom is 0.106 e. The van der Waals surface area contributed by atoms with Gasteiger partial charge in [0.1, 0.15) is 5.76 Å². The summed E-state index contributed by atoms with van der Waals surface area (Å²) in [4.78, 5) is 2.28. The van der Waals surface area contributed by atoms with E-state index < -0.39 is 6.10 Å². The molecule has 4 heteroatoms. The van der Waals surface area contributed by atoms with Crippen molar-refractivity contribution in [3.05, 3.63) is 24.2 Å². The van der Waals surface area contributed by atoms with Crippen LogP contribution in [0.1, 0.15) is 19.6 Å². The van der Waals surface area contributed by atoms with E-state index >= 15 is 0 Å². The van der Waals surface area contributed by atoms with Crippen molar-refractivity contribution in [1.82, 2.24) is 4.90 Å². The summed E-state index contributed by atoms with van der Waals surface area (Å²) in [5, 5.41) is 10.4. The Labute approximate surface area is 102 Å². The van der Waals surface area contributed by atoms with Crippen LogP contribution in [0.4, 0.5) is 0 Å². The molecule has 17 heavy (non-hydrogen) atoms. The van der Waals surface area contributed by atoms with Crippen LogP contribution in [0.3, 0.4) is 0 Å². The van der Waals surface area contributed by atoms with Crippen LogP contribution in [0.15, 0.2) is 22.8 Å². The first-order valence-corrected chi connectivity index (χ1v) is 6.14. The molecule has 1 aliphatic rings. The zero-order chi connectivity index (χ0) is 12.3. The van der Waals surface area contributed by atoms with Gasteiger partial charge in [0, 0.05) is 25.0 Å². The van der Waals surface area contributed by atoms with Gasteiger partial charge in [-0.1, -0.05) is 0 Å². The fourth-order valence-corrected chi connectivity index (χ4v) is 2.22. The van der Waals surface area contributed by atoms with Gasteiger partial charge in [0.05, 0.1) is 25.6 Å². The van der Waals surface area contributed by atoms with Gasteiger partial charge >= 0.3 is 0 Å². The molecule has 0 radical (unpaired) electrons. The molecule has 96 valence electrons. The van der Waals surface area contributed by atoms with E-state index in [9.17, 15) is 5.11 Å². The first-order chi connectivity index (χ1) is 8.10. The molecule has 1 aliphatic heterocycles. The molecule has 1 saturated heterocycles. The summed E-state index contributed by atoms with van der Waals surface area (Å²) < 4.78 is 10.6. The average Bonchev–Trinajstić information content (AvgIpc) is 2.83. The quantitative estimate of drug-likeness (QED) is 0.860. The Morgan fingerprint density at radius 3 is 2.71 bits per heavy atom. The first kappa shape index (κ1) is 12.6. The van der Waals surface area contributed by atoms with E-state index in [2.05, 4.69) is 18.7 Å². The predicted molar refractivity (Wildman–Crippen MR) is 64.9 cm³/mol. The van der Waals surface area contributed by atoms with Crippen LogP contribution in [0.25, 0.3) is 0 Å². The number of aliphatic hydroxyl groups is 1. The molecule has 0 spiro atoms. The molecule has 4 nitrogen and oxygen atoms in total. The number of furan rings is 1. The van der Waals surface area contributed by atoms with E-state index in [4.69, 9.17) is 9.15 Å². The van der Waals surface area contributed by atoms with Crippen molar-refractivity contribution in [2.45, 2.75) is 31.9 Å². The highest BCUT2D eigenvalue weighted by Crippen LogP contribution is 2.23. The Morgan fingerprint density at radius 2 is 2.12 bits per heavy atom. The Morgan fingerprint density at radius 1 is 1.41 bits per heavy atom. The smallest absolute Gasteiger partial charge is 0.106 e. The van der Waals surface area contributed by atoms with E-state index in [0.717, 1.165) is 32.1 Å². The van der Waals surface area contributed by atoms with Crippen molar-refractivity contribution in [2.75, 3.05) is 26.3 Å². The van der Waals surface area contributed by atoms with E-state index in [0.29, 0.717) is 6.42 Å². The van der Waals surface area contributed by atoms with Gasteiger partial charge in [-0.15, -0.1) is 0 Å². The summed E-state index contributed by atoms with van der Waals surface area (Å²) in [5.41, 5.74) is -0.253. The summed E-state index contributed by atoms with van der Waals surface area (Å²) in [6.07, 6.45) is 1.76. The average molecular weight is 239 g/mol. The third-order valence-electron chi connectivity index (χ3n) is 3.62. The van der Waals surface area contributed by atoms with Crippen LogP contribution in [0.5, 0.6) is 0 Å². The molecule has 1 N–H and O–H groups in total. The van der Waals surface area contributed by atoms with Gasteiger partial charge in [0.2, 0.25) is 0 Å². The van der Waals surface area contributed by atoms with Gasteiger partial charge in [0.25, 0.3) is 0 Å². The lowest BCUT2D eigenvalue weighted by Crippen LogP contribution is -2.56. The molecule has 1 aromatic rings. The number of ether oxygens (including phenoxy) is 1. The zero-order valence-corrected chi connectivity index (χ0v) is 10.6. The topological polar surface area (TPSA) is 45.8 Å². The van der Waals surface area contributed by atoms with Crippen LogP contribution in [-0.4, -0.2) is 48.0 Å². The monoisotopic (exact) mass is 239 g/mol. The minimum absolute atomic E-state index is 0.253. The summed E-state index contributed by atoms with van der Waals surface area (Å²) in [6.45, 7) is 7.40. The maximum atomic E-state index is 10.4. The molecule has 1 atom stereocenters. The number of morpholine rings is 1. The summed E-state index contributed by atoms with van der Waals surface area (Å²) in [5.74, 6) is 0.832. The highest BCUT2D eigenvalue weighted by molar-refractivity contribution is 5.03. The van der Waals surface area contributed by atoms with Crippen LogP contribution in [-0.2, 0) is 11.2 Å². The minimum atomic E-state index is -0.438. The molecule has 1 aromatic heterocycles. The van der Waals surface area contributed by atoms with Gasteiger partial charge in [-0.25, -0.2) is 0 Å². The maximum absolute atomic E-state index is 10.4. The predicted octanol–water partition coefficient (Wildman–Crippen LogP) is 1.29. The van der Waals surface area contributed by atoms with Crippen molar-refractivity contribution in [3.8, 4) is 0 Å². The molecule has 0 amide bonds. The van der Waals surface area contributed by atoms with Gasteiger partial charge in [-0.3, -0.25) is 4.90 Å². The number of rotatable bonds is 4. The fourth-order valence-electron chi connectivity index (χ4n) is 2.22. The van der Waals surface area contributed by atoms with Gasteiger partial charge in [0.15, 0.2) is 0 Å². The second-order valence-corrected chi connectivity index (χ2v) is 5.05. The first-order valence-electron chi connectivity index (χ1n) is 6.14. The van der Waals surface area contributed by atoms with Crippen molar-refractivity contribution in [1.29, 1.82) is 0 Å². The Balaban J connectivity index is 1.98. The molecule has 0 aliphatic carbocycles. The van der Waals surface area contributed by atoms with Gasteiger partial charge < -0.3 is 14.3 Å². The minimum Gasteiger partial charge on any atom is -0.469 e. The van der Waals surface area contributed by atoms with Crippen molar-refractivity contribution < 1.29 is 14.3 Å². The second-order valence-electron chi connectivity index (χ2n) is 5.05. The second kappa shape index (κ2) is 5.21. The van der Waals surface area contributed by atoms with Crippen molar-refractivity contribution >= 4 is 0 Å².